The van der Waals surface area contributed by atoms with Crippen LogP contribution in [0.15, 0.2) is 58.4 Å². The van der Waals surface area contributed by atoms with Crippen LogP contribution < -0.4 is 10.6 Å². The number of guanidine groups is 1. The number of sulfone groups is 1. The highest BCUT2D eigenvalue weighted by Gasteiger charge is 2.13. The molecule has 29 heavy (non-hydrogen) atoms. The summed E-state index contributed by atoms with van der Waals surface area (Å²) in [5, 5.41) is 6.17. The van der Waals surface area contributed by atoms with Gasteiger partial charge in [-0.15, -0.1) is 24.0 Å². The van der Waals surface area contributed by atoms with E-state index in [1.165, 1.54) is 12.1 Å². The van der Waals surface area contributed by atoms with Crippen LogP contribution in [0, 0.1) is 5.82 Å². The second-order valence-electron chi connectivity index (χ2n) is 6.10. The molecular formula is C20H27FIN3O2S2. The molecule has 2 N–H and O–H groups in total. The molecule has 0 heterocycles. The van der Waals surface area contributed by atoms with E-state index in [0.29, 0.717) is 29.7 Å². The number of hydrogen-bond acceptors (Lipinski definition) is 4. The number of rotatable bonds is 9. The van der Waals surface area contributed by atoms with E-state index in [1.807, 2.05) is 13.2 Å². The third-order valence-electron chi connectivity index (χ3n) is 3.99. The second-order valence-corrected chi connectivity index (χ2v) is 9.08. The summed E-state index contributed by atoms with van der Waals surface area (Å²) >= 11 is 1.62. The van der Waals surface area contributed by atoms with Gasteiger partial charge < -0.3 is 10.6 Å². The van der Waals surface area contributed by atoms with Crippen LogP contribution in [0.2, 0.25) is 0 Å². The number of nitrogens with one attached hydrogen (secondary N) is 2. The number of halogens is 2. The fourth-order valence-electron chi connectivity index (χ4n) is 2.59. The molecule has 0 fully saturated rings. The van der Waals surface area contributed by atoms with E-state index in [4.69, 9.17) is 0 Å². The van der Waals surface area contributed by atoms with E-state index in [9.17, 15) is 12.8 Å². The zero-order chi connectivity index (χ0) is 20.4. The van der Waals surface area contributed by atoms with E-state index in [-0.39, 0.29) is 42.1 Å². The summed E-state index contributed by atoms with van der Waals surface area (Å²) in [4.78, 5) is 4.83. The van der Waals surface area contributed by atoms with Gasteiger partial charge in [0, 0.05) is 18.8 Å². The van der Waals surface area contributed by atoms with E-state index in [1.54, 1.807) is 48.2 Å². The fraction of sp³-hybridized carbons (Fsp3) is 0.350. The highest BCUT2D eigenvalue weighted by molar-refractivity contribution is 14.0. The van der Waals surface area contributed by atoms with Crippen LogP contribution in [0.4, 0.5) is 4.39 Å². The minimum absolute atomic E-state index is 0. The van der Waals surface area contributed by atoms with Crippen LogP contribution in [-0.4, -0.2) is 39.5 Å². The molecule has 0 aliphatic heterocycles. The van der Waals surface area contributed by atoms with Crippen LogP contribution in [-0.2, 0) is 22.1 Å². The zero-order valence-electron chi connectivity index (χ0n) is 16.5. The third kappa shape index (κ3) is 8.51. The molecule has 9 heteroatoms. The maximum absolute atomic E-state index is 13.5. The lowest BCUT2D eigenvalue weighted by atomic mass is 10.1. The zero-order valence-corrected chi connectivity index (χ0v) is 20.5. The van der Waals surface area contributed by atoms with Crippen molar-refractivity contribution in [1.29, 1.82) is 0 Å². The number of hydrogen-bond donors (Lipinski definition) is 2. The average Bonchev–Trinajstić information content (AvgIpc) is 2.68. The number of aliphatic imine (C=N–C) groups is 1. The molecule has 0 saturated heterocycles. The average molecular weight is 551 g/mol. The van der Waals surface area contributed by atoms with Crippen molar-refractivity contribution in [1.82, 2.24) is 10.6 Å². The Morgan fingerprint density at radius 2 is 1.83 bits per heavy atom. The standard InChI is InChI=1S/C20H26FN3O2S2.HI/c1-3-22-20(23-11-12-28(25,26)19-7-5-4-6-8-19)24-14-16-9-10-18(21)13-17(16)15-27-2;/h4-10,13H,3,11-12,14-15H2,1-2H3,(H2,22,23,24);1H. The molecule has 0 aliphatic rings. The van der Waals surface area contributed by atoms with Crippen molar-refractivity contribution in [3.63, 3.8) is 0 Å². The Morgan fingerprint density at radius 1 is 1.10 bits per heavy atom. The summed E-state index contributed by atoms with van der Waals surface area (Å²) in [7, 11) is -3.35. The quantitative estimate of drug-likeness (QED) is 0.282. The van der Waals surface area contributed by atoms with Crippen LogP contribution in [0.5, 0.6) is 0 Å². The second kappa shape index (κ2) is 13.1. The topological polar surface area (TPSA) is 70.6 Å². The summed E-state index contributed by atoms with van der Waals surface area (Å²) in [5.74, 6) is 0.954. The van der Waals surface area contributed by atoms with E-state index in [2.05, 4.69) is 15.6 Å². The van der Waals surface area contributed by atoms with Gasteiger partial charge in [-0.1, -0.05) is 24.3 Å². The first-order valence-electron chi connectivity index (χ1n) is 9.02. The third-order valence-corrected chi connectivity index (χ3v) is 6.32. The smallest absolute Gasteiger partial charge is 0.191 e. The first kappa shape index (κ1) is 25.7. The highest BCUT2D eigenvalue weighted by atomic mass is 127. The van der Waals surface area contributed by atoms with E-state index in [0.717, 1.165) is 11.1 Å². The van der Waals surface area contributed by atoms with Gasteiger partial charge in [-0.05, 0) is 48.6 Å². The van der Waals surface area contributed by atoms with Gasteiger partial charge in [-0.25, -0.2) is 17.8 Å². The molecule has 2 aromatic carbocycles. The van der Waals surface area contributed by atoms with Crippen LogP contribution in [0.1, 0.15) is 18.1 Å². The number of thioether (sulfide) groups is 1. The highest BCUT2D eigenvalue weighted by Crippen LogP contribution is 2.17. The fourth-order valence-corrected chi connectivity index (χ4v) is 4.35. The van der Waals surface area contributed by atoms with Gasteiger partial charge in [0.05, 0.1) is 17.2 Å². The van der Waals surface area contributed by atoms with Crippen molar-refractivity contribution in [3.8, 4) is 0 Å². The largest absolute Gasteiger partial charge is 0.357 e. The molecule has 0 amide bonds. The first-order valence-corrected chi connectivity index (χ1v) is 12.1. The predicted octanol–water partition coefficient (Wildman–Crippen LogP) is 3.84. The summed E-state index contributed by atoms with van der Waals surface area (Å²) in [6, 6.07) is 13.1. The molecule has 0 atom stereocenters. The van der Waals surface area contributed by atoms with Crippen LogP contribution in [0.25, 0.3) is 0 Å². The molecule has 0 unspecified atom stereocenters. The monoisotopic (exact) mass is 551 g/mol. The SMILES string of the molecule is CCNC(=NCc1ccc(F)cc1CSC)NCCS(=O)(=O)c1ccccc1.I. The summed E-state index contributed by atoms with van der Waals surface area (Å²) in [5.41, 5.74) is 1.86. The van der Waals surface area contributed by atoms with Crippen molar-refractivity contribution in [2.75, 3.05) is 25.1 Å². The predicted molar refractivity (Wildman–Crippen MR) is 130 cm³/mol. The summed E-state index contributed by atoms with van der Waals surface area (Å²) in [6.07, 6.45) is 1.97. The van der Waals surface area contributed by atoms with Crippen LogP contribution >= 0.6 is 35.7 Å². The van der Waals surface area contributed by atoms with Crippen molar-refractivity contribution >= 4 is 51.5 Å². The van der Waals surface area contributed by atoms with Gasteiger partial charge in [-0.2, -0.15) is 11.8 Å². The Kier molecular flexibility index (Phi) is 11.6. The Morgan fingerprint density at radius 3 is 2.48 bits per heavy atom. The normalized spacial score (nSPS) is 11.6. The van der Waals surface area contributed by atoms with E-state index < -0.39 is 9.84 Å². The molecule has 0 saturated carbocycles. The Labute approximate surface area is 193 Å². The minimum atomic E-state index is -3.35. The van der Waals surface area contributed by atoms with Crippen molar-refractivity contribution in [2.24, 2.45) is 4.99 Å². The Balaban J connectivity index is 0.00000420. The van der Waals surface area contributed by atoms with Gasteiger partial charge in [0.15, 0.2) is 15.8 Å². The van der Waals surface area contributed by atoms with Gasteiger partial charge in [0.2, 0.25) is 0 Å². The van der Waals surface area contributed by atoms with Gasteiger partial charge in [0.1, 0.15) is 5.82 Å². The summed E-state index contributed by atoms with van der Waals surface area (Å²) < 4.78 is 38.2. The lowest BCUT2D eigenvalue weighted by Crippen LogP contribution is -2.39. The first-order chi connectivity index (χ1) is 13.5. The molecule has 0 spiro atoms. The molecule has 160 valence electrons. The molecular weight excluding hydrogens is 524 g/mol. The number of benzene rings is 2. The maximum atomic E-state index is 13.5. The molecule has 2 aromatic rings. The van der Waals surface area contributed by atoms with Gasteiger partial charge >= 0.3 is 0 Å². The Hall–Kier alpha value is -1.33. The van der Waals surface area contributed by atoms with Gasteiger partial charge in [0.25, 0.3) is 0 Å². The molecule has 2 rings (SSSR count). The number of nitrogens with zero attached hydrogens (tertiary/aromatic N) is 1. The van der Waals surface area contributed by atoms with Gasteiger partial charge in [-0.3, -0.25) is 0 Å². The molecule has 0 radical (unpaired) electrons. The Bertz CT molecular complexity index is 894. The van der Waals surface area contributed by atoms with Crippen LogP contribution in [0.3, 0.4) is 0 Å². The molecule has 0 aromatic heterocycles. The minimum Gasteiger partial charge on any atom is -0.357 e. The molecule has 5 nitrogen and oxygen atoms in total. The molecule has 0 bridgehead atoms. The van der Waals surface area contributed by atoms with Crippen molar-refractivity contribution < 1.29 is 12.8 Å². The van der Waals surface area contributed by atoms with E-state index >= 15 is 0 Å². The lowest BCUT2D eigenvalue weighted by Gasteiger charge is -2.13. The molecule has 0 aliphatic carbocycles. The lowest BCUT2D eigenvalue weighted by molar-refractivity contribution is 0.594. The maximum Gasteiger partial charge on any atom is 0.191 e. The summed E-state index contributed by atoms with van der Waals surface area (Å²) in [6.45, 7) is 3.22. The van der Waals surface area contributed by atoms with Crippen molar-refractivity contribution in [3.05, 3.63) is 65.5 Å². The van der Waals surface area contributed by atoms with Crippen molar-refractivity contribution in [2.45, 2.75) is 24.1 Å².